The third-order valence-electron chi connectivity index (χ3n) is 3.11. The highest BCUT2D eigenvalue weighted by atomic mass is 16.5. The lowest BCUT2D eigenvalue weighted by molar-refractivity contribution is 0.0944. The summed E-state index contributed by atoms with van der Waals surface area (Å²) in [6.45, 7) is 4.52. The van der Waals surface area contributed by atoms with Gasteiger partial charge in [0.25, 0.3) is 5.91 Å². The van der Waals surface area contributed by atoms with Gasteiger partial charge in [0.2, 0.25) is 5.82 Å². The molecule has 2 N–H and O–H groups in total. The van der Waals surface area contributed by atoms with Crippen molar-refractivity contribution in [3.05, 3.63) is 41.5 Å². The Kier molecular flexibility index (Phi) is 4.92. The molecule has 112 valence electrons. The van der Waals surface area contributed by atoms with Crippen molar-refractivity contribution in [3.63, 3.8) is 0 Å². The van der Waals surface area contributed by atoms with Crippen molar-refractivity contribution in [2.24, 2.45) is 0 Å². The minimum absolute atomic E-state index is 0.188. The maximum Gasteiger partial charge on any atom is 0.290 e. The van der Waals surface area contributed by atoms with Crippen LogP contribution in [0.2, 0.25) is 0 Å². The summed E-state index contributed by atoms with van der Waals surface area (Å²) < 4.78 is 5.10. The molecule has 1 amide bonds. The van der Waals surface area contributed by atoms with E-state index in [9.17, 15) is 4.79 Å². The van der Waals surface area contributed by atoms with Gasteiger partial charge in [-0.1, -0.05) is 26.0 Å². The average Bonchev–Trinajstić information content (AvgIpc) is 2.98. The van der Waals surface area contributed by atoms with Crippen molar-refractivity contribution in [3.8, 4) is 5.75 Å². The lowest BCUT2D eigenvalue weighted by Gasteiger charge is -2.04. The number of methoxy groups -OCH3 is 1. The number of aromatic nitrogens is 3. The molecule has 21 heavy (non-hydrogen) atoms. The highest BCUT2D eigenvalue weighted by Gasteiger charge is 2.13. The predicted octanol–water partition coefficient (Wildman–Crippen LogP) is 1.91. The number of hydrogen-bond acceptors (Lipinski definition) is 4. The number of benzene rings is 1. The zero-order valence-corrected chi connectivity index (χ0v) is 12.5. The number of carbonyl (C=O) groups excluding carboxylic acids is 1. The van der Waals surface area contributed by atoms with E-state index in [4.69, 9.17) is 4.74 Å². The number of nitrogens with one attached hydrogen (secondary N) is 2. The lowest BCUT2D eigenvalue weighted by atomic mass is 10.1. The normalized spacial score (nSPS) is 10.7. The number of rotatable bonds is 6. The SMILES string of the molecule is COc1ccc(CCNC(=O)c2n[nH]c(C(C)C)n2)cc1. The van der Waals surface area contributed by atoms with E-state index >= 15 is 0 Å². The van der Waals surface area contributed by atoms with E-state index in [2.05, 4.69) is 20.5 Å². The van der Waals surface area contributed by atoms with Gasteiger partial charge in [-0.25, -0.2) is 4.98 Å². The van der Waals surface area contributed by atoms with E-state index in [-0.39, 0.29) is 17.6 Å². The molecule has 1 aromatic heterocycles. The first kappa shape index (κ1) is 15.0. The van der Waals surface area contributed by atoms with Gasteiger partial charge in [0.1, 0.15) is 11.6 Å². The molecule has 0 unspecified atom stereocenters. The number of amides is 1. The van der Waals surface area contributed by atoms with E-state index < -0.39 is 0 Å². The van der Waals surface area contributed by atoms with Gasteiger partial charge in [-0.15, -0.1) is 5.10 Å². The molecule has 1 aromatic carbocycles. The predicted molar refractivity (Wildman–Crippen MR) is 79.5 cm³/mol. The largest absolute Gasteiger partial charge is 0.497 e. The minimum atomic E-state index is -0.258. The van der Waals surface area contributed by atoms with Crippen molar-refractivity contribution in [1.82, 2.24) is 20.5 Å². The summed E-state index contributed by atoms with van der Waals surface area (Å²) in [6, 6.07) is 7.77. The molecular formula is C15H20N4O2. The van der Waals surface area contributed by atoms with Crippen LogP contribution in [0.25, 0.3) is 0 Å². The third-order valence-corrected chi connectivity index (χ3v) is 3.11. The molecule has 0 saturated carbocycles. The van der Waals surface area contributed by atoms with Gasteiger partial charge in [0.15, 0.2) is 0 Å². The summed E-state index contributed by atoms with van der Waals surface area (Å²) >= 11 is 0. The topological polar surface area (TPSA) is 79.9 Å². The van der Waals surface area contributed by atoms with E-state index in [0.29, 0.717) is 6.54 Å². The molecule has 6 nitrogen and oxygen atoms in total. The molecule has 0 fully saturated rings. The standard InChI is InChI=1S/C15H20N4O2/c1-10(2)13-17-14(19-18-13)15(20)16-9-8-11-4-6-12(21-3)7-5-11/h4-7,10H,8-9H2,1-3H3,(H,16,20)(H,17,18,19). The molecule has 2 aromatic rings. The number of H-pyrrole nitrogens is 1. The van der Waals surface area contributed by atoms with E-state index in [0.717, 1.165) is 23.6 Å². The quantitative estimate of drug-likeness (QED) is 0.851. The van der Waals surface area contributed by atoms with Gasteiger partial charge in [0.05, 0.1) is 7.11 Å². The van der Waals surface area contributed by atoms with Gasteiger partial charge >= 0.3 is 0 Å². The summed E-state index contributed by atoms with van der Waals surface area (Å²) in [5.41, 5.74) is 1.13. The molecule has 0 radical (unpaired) electrons. The van der Waals surface area contributed by atoms with E-state index in [1.807, 2.05) is 38.1 Å². The van der Waals surface area contributed by atoms with Crippen molar-refractivity contribution in [1.29, 1.82) is 0 Å². The van der Waals surface area contributed by atoms with Crippen LogP contribution in [0.1, 0.15) is 41.8 Å². The fourth-order valence-corrected chi connectivity index (χ4v) is 1.83. The lowest BCUT2D eigenvalue weighted by Crippen LogP contribution is -2.26. The number of carbonyl (C=O) groups is 1. The highest BCUT2D eigenvalue weighted by molar-refractivity contribution is 5.90. The summed E-state index contributed by atoms with van der Waals surface area (Å²) in [4.78, 5) is 16.1. The Morgan fingerprint density at radius 3 is 2.62 bits per heavy atom. The van der Waals surface area contributed by atoms with Crippen LogP contribution >= 0.6 is 0 Å². The number of aromatic amines is 1. The highest BCUT2D eigenvalue weighted by Crippen LogP contribution is 2.11. The van der Waals surface area contributed by atoms with Crippen LogP contribution in [-0.2, 0) is 6.42 Å². The Hall–Kier alpha value is -2.37. The first-order chi connectivity index (χ1) is 10.1. The molecule has 0 aliphatic heterocycles. The molecule has 0 bridgehead atoms. The monoisotopic (exact) mass is 288 g/mol. The number of hydrogen-bond donors (Lipinski definition) is 2. The van der Waals surface area contributed by atoms with Crippen LogP contribution in [0.5, 0.6) is 5.75 Å². The van der Waals surface area contributed by atoms with Gasteiger partial charge in [0, 0.05) is 12.5 Å². The fraction of sp³-hybridized carbons (Fsp3) is 0.400. The van der Waals surface area contributed by atoms with Gasteiger partial charge in [-0.3, -0.25) is 9.89 Å². The molecule has 0 atom stereocenters. The van der Waals surface area contributed by atoms with Crippen LogP contribution in [0, 0.1) is 0 Å². The fourth-order valence-electron chi connectivity index (χ4n) is 1.83. The first-order valence-electron chi connectivity index (χ1n) is 6.93. The Bertz CT molecular complexity index is 590. The summed E-state index contributed by atoms with van der Waals surface area (Å²) in [6.07, 6.45) is 0.747. The van der Waals surface area contributed by atoms with Crippen LogP contribution < -0.4 is 10.1 Å². The third kappa shape index (κ3) is 4.05. The molecule has 2 rings (SSSR count). The van der Waals surface area contributed by atoms with E-state index in [1.54, 1.807) is 7.11 Å². The number of nitrogens with zero attached hydrogens (tertiary/aromatic N) is 2. The van der Waals surface area contributed by atoms with Crippen molar-refractivity contribution < 1.29 is 9.53 Å². The first-order valence-corrected chi connectivity index (χ1v) is 6.93. The molecule has 6 heteroatoms. The van der Waals surface area contributed by atoms with Crippen molar-refractivity contribution in [2.75, 3.05) is 13.7 Å². The van der Waals surface area contributed by atoms with Gasteiger partial charge in [-0.05, 0) is 24.1 Å². The van der Waals surface area contributed by atoms with Crippen molar-refractivity contribution in [2.45, 2.75) is 26.2 Å². The second kappa shape index (κ2) is 6.88. The summed E-state index contributed by atoms with van der Waals surface area (Å²) in [5.74, 6) is 1.69. The zero-order valence-electron chi connectivity index (χ0n) is 12.5. The summed E-state index contributed by atoms with van der Waals surface area (Å²) in [7, 11) is 1.64. The molecule has 0 saturated heterocycles. The molecule has 0 spiro atoms. The van der Waals surface area contributed by atoms with Crippen LogP contribution in [0.4, 0.5) is 0 Å². The van der Waals surface area contributed by atoms with Crippen LogP contribution in [-0.4, -0.2) is 34.7 Å². The number of ether oxygens (including phenoxy) is 1. The van der Waals surface area contributed by atoms with Crippen molar-refractivity contribution >= 4 is 5.91 Å². The average molecular weight is 288 g/mol. The molecule has 0 aliphatic rings. The van der Waals surface area contributed by atoms with Crippen LogP contribution in [0.3, 0.4) is 0 Å². The van der Waals surface area contributed by atoms with Crippen LogP contribution in [0.15, 0.2) is 24.3 Å². The Balaban J connectivity index is 1.83. The molecule has 0 aliphatic carbocycles. The Morgan fingerprint density at radius 2 is 2.05 bits per heavy atom. The minimum Gasteiger partial charge on any atom is -0.497 e. The zero-order chi connectivity index (χ0) is 15.2. The molecular weight excluding hydrogens is 268 g/mol. The second-order valence-electron chi connectivity index (χ2n) is 5.05. The maximum atomic E-state index is 11.9. The molecule has 1 heterocycles. The Morgan fingerprint density at radius 1 is 1.33 bits per heavy atom. The second-order valence-corrected chi connectivity index (χ2v) is 5.05. The Labute approximate surface area is 123 Å². The van der Waals surface area contributed by atoms with Gasteiger partial charge < -0.3 is 10.1 Å². The maximum absolute atomic E-state index is 11.9. The van der Waals surface area contributed by atoms with E-state index in [1.165, 1.54) is 0 Å². The summed E-state index contributed by atoms with van der Waals surface area (Å²) in [5, 5.41) is 9.51. The smallest absolute Gasteiger partial charge is 0.290 e. The van der Waals surface area contributed by atoms with Gasteiger partial charge in [-0.2, -0.15) is 0 Å².